The summed E-state index contributed by atoms with van der Waals surface area (Å²) >= 11 is 0. The molecule has 3 rings (SSSR count). The number of halogens is 3. The molecule has 0 spiro atoms. The van der Waals surface area contributed by atoms with Crippen molar-refractivity contribution in [2.24, 2.45) is 7.05 Å². The van der Waals surface area contributed by atoms with Gasteiger partial charge >= 0.3 is 6.18 Å². The minimum Gasteiger partial charge on any atom is -0.351 e. The van der Waals surface area contributed by atoms with E-state index in [4.69, 9.17) is 5.26 Å². The van der Waals surface area contributed by atoms with Gasteiger partial charge in [-0.2, -0.15) is 18.4 Å². The van der Waals surface area contributed by atoms with Crippen LogP contribution >= 0.6 is 0 Å². The van der Waals surface area contributed by atoms with E-state index in [0.29, 0.717) is 29.7 Å². The first-order valence-corrected chi connectivity index (χ1v) is 7.83. The van der Waals surface area contributed by atoms with E-state index >= 15 is 0 Å². The normalized spacial score (nSPS) is 11.8. The first-order chi connectivity index (χ1) is 11.9. The number of H-pyrrole nitrogens is 1. The fourth-order valence-electron chi connectivity index (χ4n) is 2.99. The lowest BCUT2D eigenvalue weighted by Gasteiger charge is -2.09. The second-order valence-corrected chi connectivity index (χ2v) is 5.90. The second-order valence-electron chi connectivity index (χ2n) is 5.90. The zero-order valence-corrected chi connectivity index (χ0v) is 13.6. The molecule has 0 aliphatic heterocycles. The highest BCUT2D eigenvalue weighted by molar-refractivity contribution is 5.84. The van der Waals surface area contributed by atoms with Crippen molar-refractivity contribution in [2.75, 3.05) is 6.54 Å². The number of nitriles is 1. The van der Waals surface area contributed by atoms with Crippen LogP contribution in [0.15, 0.2) is 36.5 Å². The number of aromatic amines is 1. The molecule has 2 heterocycles. The molecule has 0 saturated carbocycles. The number of fused-ring (bicyclic) bond motifs is 1. The van der Waals surface area contributed by atoms with Crippen molar-refractivity contribution < 1.29 is 13.2 Å². The Morgan fingerprint density at radius 3 is 2.72 bits per heavy atom. The van der Waals surface area contributed by atoms with E-state index in [0.717, 1.165) is 5.56 Å². The summed E-state index contributed by atoms with van der Waals surface area (Å²) in [5, 5.41) is 12.7. The molecule has 7 heteroatoms. The van der Waals surface area contributed by atoms with Crippen LogP contribution < -0.4 is 5.32 Å². The molecule has 0 saturated heterocycles. The number of nitrogens with one attached hydrogen (secondary N) is 2. The summed E-state index contributed by atoms with van der Waals surface area (Å²) < 4.78 is 41.5. The maximum absolute atomic E-state index is 13.3. The molecule has 130 valence electrons. The number of hydrogen-bond acceptors (Lipinski definition) is 2. The largest absolute Gasteiger partial charge is 0.431 e. The summed E-state index contributed by atoms with van der Waals surface area (Å²) in [7, 11) is 1.78. The third-order valence-electron chi connectivity index (χ3n) is 4.15. The number of aryl methyl sites for hydroxylation is 1. The number of nitrogens with zero attached hydrogens (tertiary/aromatic N) is 2. The zero-order chi connectivity index (χ0) is 18.0. The van der Waals surface area contributed by atoms with Crippen LogP contribution in [0.25, 0.3) is 10.9 Å². The lowest BCUT2D eigenvalue weighted by molar-refractivity contribution is -0.141. The van der Waals surface area contributed by atoms with Crippen LogP contribution in [0.1, 0.15) is 22.5 Å². The summed E-state index contributed by atoms with van der Waals surface area (Å²) in [6.45, 7) is 0.904. The van der Waals surface area contributed by atoms with E-state index in [9.17, 15) is 13.2 Å². The molecular formula is C18H17F3N4. The van der Waals surface area contributed by atoms with Gasteiger partial charge in [0.2, 0.25) is 0 Å². The van der Waals surface area contributed by atoms with Gasteiger partial charge in [-0.15, -0.1) is 0 Å². The molecule has 0 aliphatic carbocycles. The Morgan fingerprint density at radius 1 is 1.28 bits per heavy atom. The van der Waals surface area contributed by atoms with Gasteiger partial charge in [-0.1, -0.05) is 18.2 Å². The number of rotatable bonds is 5. The van der Waals surface area contributed by atoms with Crippen molar-refractivity contribution >= 4 is 10.9 Å². The Balaban J connectivity index is 1.71. The first-order valence-electron chi connectivity index (χ1n) is 7.83. The SMILES string of the molecule is Cn1cc(CNCCc2c(C(F)(F)F)[nH]c3ccccc23)cc1C#N. The summed E-state index contributed by atoms with van der Waals surface area (Å²) in [5.74, 6) is 0. The van der Waals surface area contributed by atoms with Gasteiger partial charge in [0.1, 0.15) is 17.5 Å². The van der Waals surface area contributed by atoms with Gasteiger partial charge in [0.25, 0.3) is 0 Å². The van der Waals surface area contributed by atoms with Crippen molar-refractivity contribution in [1.29, 1.82) is 5.26 Å². The van der Waals surface area contributed by atoms with Gasteiger partial charge < -0.3 is 14.9 Å². The molecule has 0 fully saturated rings. The van der Waals surface area contributed by atoms with Crippen LogP contribution in [-0.2, 0) is 26.2 Å². The van der Waals surface area contributed by atoms with Gasteiger partial charge in [0.15, 0.2) is 0 Å². The predicted molar refractivity (Wildman–Crippen MR) is 88.8 cm³/mol. The Hall–Kier alpha value is -2.72. The molecule has 3 aromatic rings. The summed E-state index contributed by atoms with van der Waals surface area (Å²) in [4.78, 5) is 2.49. The van der Waals surface area contributed by atoms with Crippen LogP contribution in [0.2, 0.25) is 0 Å². The quantitative estimate of drug-likeness (QED) is 0.692. The van der Waals surface area contributed by atoms with Crippen LogP contribution in [-0.4, -0.2) is 16.1 Å². The van der Waals surface area contributed by atoms with Crippen LogP contribution in [0.5, 0.6) is 0 Å². The van der Waals surface area contributed by atoms with E-state index in [2.05, 4.69) is 16.4 Å². The van der Waals surface area contributed by atoms with Gasteiger partial charge in [0.05, 0.1) is 0 Å². The maximum Gasteiger partial charge on any atom is 0.431 e. The third kappa shape index (κ3) is 3.54. The number of alkyl halides is 3. The molecule has 0 radical (unpaired) electrons. The zero-order valence-electron chi connectivity index (χ0n) is 13.6. The summed E-state index contributed by atoms with van der Waals surface area (Å²) in [6, 6.07) is 10.6. The van der Waals surface area contributed by atoms with E-state index < -0.39 is 11.9 Å². The van der Waals surface area contributed by atoms with E-state index in [1.54, 1.807) is 41.9 Å². The average Bonchev–Trinajstić information content (AvgIpc) is 3.11. The van der Waals surface area contributed by atoms with Crippen LogP contribution in [0.4, 0.5) is 13.2 Å². The first kappa shape index (κ1) is 17.1. The highest BCUT2D eigenvalue weighted by Crippen LogP contribution is 2.35. The number of benzene rings is 1. The molecule has 0 bridgehead atoms. The van der Waals surface area contributed by atoms with E-state index in [1.165, 1.54) is 0 Å². The molecule has 2 N–H and O–H groups in total. The fourth-order valence-corrected chi connectivity index (χ4v) is 2.99. The van der Waals surface area contributed by atoms with E-state index in [-0.39, 0.29) is 12.0 Å². The Morgan fingerprint density at radius 2 is 2.04 bits per heavy atom. The maximum atomic E-state index is 13.3. The molecule has 0 atom stereocenters. The monoisotopic (exact) mass is 346 g/mol. The van der Waals surface area contributed by atoms with Crippen molar-refractivity contribution in [1.82, 2.24) is 14.9 Å². The van der Waals surface area contributed by atoms with Crippen molar-refractivity contribution in [3.63, 3.8) is 0 Å². The van der Waals surface area contributed by atoms with Crippen molar-refractivity contribution in [2.45, 2.75) is 19.1 Å². The van der Waals surface area contributed by atoms with Crippen molar-refractivity contribution in [3.8, 4) is 6.07 Å². The number of aromatic nitrogens is 2. The molecule has 0 aliphatic rings. The van der Waals surface area contributed by atoms with E-state index in [1.807, 2.05) is 6.20 Å². The molecule has 2 aromatic heterocycles. The fraction of sp³-hybridized carbons (Fsp3) is 0.278. The number of para-hydroxylation sites is 1. The van der Waals surface area contributed by atoms with Gasteiger partial charge in [-0.3, -0.25) is 0 Å². The Labute approximate surface area is 142 Å². The number of hydrogen-bond donors (Lipinski definition) is 2. The lowest BCUT2D eigenvalue weighted by Crippen LogP contribution is -2.18. The molecule has 4 nitrogen and oxygen atoms in total. The van der Waals surface area contributed by atoms with Gasteiger partial charge in [-0.25, -0.2) is 0 Å². The topological polar surface area (TPSA) is 56.5 Å². The Kier molecular flexibility index (Phi) is 4.55. The molecule has 1 aromatic carbocycles. The average molecular weight is 346 g/mol. The summed E-state index contributed by atoms with van der Waals surface area (Å²) in [6.07, 6.45) is -2.31. The standard InChI is InChI=1S/C18H17F3N4/c1-25-11-12(8-13(25)9-22)10-23-7-6-15-14-4-2-3-5-16(14)24-17(15)18(19,20)21/h2-5,8,11,23-24H,6-7,10H2,1H3. The minimum atomic E-state index is -4.41. The van der Waals surface area contributed by atoms with Crippen LogP contribution in [0, 0.1) is 11.3 Å². The summed E-state index contributed by atoms with van der Waals surface area (Å²) in [5.41, 5.74) is 1.57. The van der Waals surface area contributed by atoms with Crippen molar-refractivity contribution in [3.05, 3.63) is 59.0 Å². The Bertz CT molecular complexity index is 928. The minimum absolute atomic E-state index is 0.261. The molecular weight excluding hydrogens is 329 g/mol. The second kappa shape index (κ2) is 6.65. The van der Waals surface area contributed by atoms with Gasteiger partial charge in [-0.05, 0) is 36.2 Å². The van der Waals surface area contributed by atoms with Gasteiger partial charge in [0, 0.05) is 30.7 Å². The third-order valence-corrected chi connectivity index (χ3v) is 4.15. The molecule has 0 unspecified atom stereocenters. The molecule has 0 amide bonds. The lowest BCUT2D eigenvalue weighted by atomic mass is 10.1. The highest BCUT2D eigenvalue weighted by Gasteiger charge is 2.35. The predicted octanol–water partition coefficient (Wildman–Crippen LogP) is 3.73. The smallest absolute Gasteiger partial charge is 0.351 e. The van der Waals surface area contributed by atoms with Crippen LogP contribution in [0.3, 0.4) is 0 Å². The highest BCUT2D eigenvalue weighted by atomic mass is 19.4. The molecule has 25 heavy (non-hydrogen) atoms.